The van der Waals surface area contributed by atoms with Gasteiger partial charge in [-0.15, -0.1) is 0 Å². The van der Waals surface area contributed by atoms with Crippen molar-refractivity contribution in [2.45, 2.75) is 26.8 Å². The van der Waals surface area contributed by atoms with Crippen molar-refractivity contribution in [3.05, 3.63) is 63.1 Å². The first-order chi connectivity index (χ1) is 9.38. The number of rotatable bonds is 3. The fourth-order valence-corrected chi connectivity index (χ4v) is 2.30. The summed E-state index contributed by atoms with van der Waals surface area (Å²) in [5.74, 6) is -0.778. The molecule has 1 atom stereocenters. The van der Waals surface area contributed by atoms with Crippen LogP contribution in [0.2, 0.25) is 0 Å². The highest BCUT2D eigenvalue weighted by Crippen LogP contribution is 2.26. The van der Waals surface area contributed by atoms with E-state index in [9.17, 15) is 8.78 Å². The molecule has 0 amide bonds. The van der Waals surface area contributed by atoms with E-state index in [0.717, 1.165) is 15.7 Å². The number of hydrogen-bond acceptors (Lipinski definition) is 1. The molecule has 0 fully saturated rings. The summed E-state index contributed by atoms with van der Waals surface area (Å²) < 4.78 is 28.5. The maximum absolute atomic E-state index is 13.9. The van der Waals surface area contributed by atoms with E-state index in [1.807, 2.05) is 32.0 Å². The molecule has 2 rings (SSSR count). The fourth-order valence-electron chi connectivity index (χ4n) is 2.06. The van der Waals surface area contributed by atoms with Crippen LogP contribution in [0.3, 0.4) is 0 Å². The predicted molar refractivity (Wildman–Crippen MR) is 82.0 cm³/mol. The minimum absolute atomic E-state index is 0.314. The molecule has 0 aliphatic heterocycles. The van der Waals surface area contributed by atoms with Crippen molar-refractivity contribution in [3.63, 3.8) is 0 Å². The number of anilines is 1. The average molecular weight is 340 g/mol. The van der Waals surface area contributed by atoms with Gasteiger partial charge in [-0.2, -0.15) is 0 Å². The molecular formula is C16H16BrF2N. The molecule has 2 aromatic rings. The summed E-state index contributed by atoms with van der Waals surface area (Å²) in [5.41, 5.74) is 2.60. The first-order valence-corrected chi connectivity index (χ1v) is 7.16. The van der Waals surface area contributed by atoms with Gasteiger partial charge in [-0.1, -0.05) is 15.9 Å². The van der Waals surface area contributed by atoms with Crippen molar-refractivity contribution in [3.8, 4) is 0 Å². The average Bonchev–Trinajstić information content (AvgIpc) is 2.38. The van der Waals surface area contributed by atoms with Gasteiger partial charge in [0, 0.05) is 15.7 Å². The van der Waals surface area contributed by atoms with Gasteiger partial charge in [-0.05, 0) is 62.2 Å². The van der Waals surface area contributed by atoms with Gasteiger partial charge in [0.25, 0.3) is 0 Å². The number of nitrogens with one attached hydrogen (secondary N) is 1. The molecule has 0 aliphatic rings. The van der Waals surface area contributed by atoms with E-state index in [1.165, 1.54) is 12.1 Å². The van der Waals surface area contributed by atoms with Gasteiger partial charge in [0.05, 0.1) is 6.04 Å². The third kappa shape index (κ3) is 3.18. The Morgan fingerprint density at radius 2 is 1.70 bits per heavy atom. The van der Waals surface area contributed by atoms with Gasteiger partial charge >= 0.3 is 0 Å². The molecule has 0 radical (unpaired) electrons. The second-order valence-electron chi connectivity index (χ2n) is 4.95. The Balaban J connectivity index is 2.25. The molecule has 4 heteroatoms. The maximum atomic E-state index is 13.9. The Bertz CT molecular complexity index is 641. The Morgan fingerprint density at radius 1 is 1.00 bits per heavy atom. The van der Waals surface area contributed by atoms with E-state index in [1.54, 1.807) is 6.92 Å². The van der Waals surface area contributed by atoms with Crippen molar-refractivity contribution in [1.82, 2.24) is 0 Å². The highest BCUT2D eigenvalue weighted by Gasteiger charge is 2.14. The van der Waals surface area contributed by atoms with E-state index >= 15 is 0 Å². The van der Waals surface area contributed by atoms with Crippen LogP contribution in [0.25, 0.3) is 0 Å². The lowest BCUT2D eigenvalue weighted by Gasteiger charge is -2.17. The molecule has 0 heterocycles. The zero-order valence-electron chi connectivity index (χ0n) is 11.6. The fraction of sp³-hybridized carbons (Fsp3) is 0.250. The summed E-state index contributed by atoms with van der Waals surface area (Å²) in [4.78, 5) is 0. The number of hydrogen-bond donors (Lipinski definition) is 1. The first kappa shape index (κ1) is 15.0. The van der Waals surface area contributed by atoms with Crippen LogP contribution < -0.4 is 5.32 Å². The van der Waals surface area contributed by atoms with Gasteiger partial charge in [-0.3, -0.25) is 0 Å². The molecule has 20 heavy (non-hydrogen) atoms. The largest absolute Gasteiger partial charge is 0.378 e. The van der Waals surface area contributed by atoms with Crippen molar-refractivity contribution in [1.29, 1.82) is 0 Å². The Hall–Kier alpha value is -1.42. The maximum Gasteiger partial charge on any atom is 0.128 e. The van der Waals surface area contributed by atoms with Crippen molar-refractivity contribution in [2.24, 2.45) is 0 Å². The summed E-state index contributed by atoms with van der Waals surface area (Å²) in [6.07, 6.45) is 0. The highest BCUT2D eigenvalue weighted by atomic mass is 79.9. The Labute approximate surface area is 126 Å². The summed E-state index contributed by atoms with van der Waals surface area (Å²) in [5, 5.41) is 3.19. The molecule has 1 unspecified atom stereocenters. The van der Waals surface area contributed by atoms with Crippen molar-refractivity contribution in [2.75, 3.05) is 5.32 Å². The van der Waals surface area contributed by atoms with Gasteiger partial charge < -0.3 is 5.32 Å². The van der Waals surface area contributed by atoms with E-state index in [2.05, 4.69) is 21.2 Å². The second kappa shape index (κ2) is 5.92. The van der Waals surface area contributed by atoms with Crippen LogP contribution >= 0.6 is 15.9 Å². The van der Waals surface area contributed by atoms with Crippen molar-refractivity contribution >= 4 is 21.6 Å². The second-order valence-corrected chi connectivity index (χ2v) is 5.81. The van der Waals surface area contributed by atoms with E-state index in [4.69, 9.17) is 0 Å². The summed E-state index contributed by atoms with van der Waals surface area (Å²) in [6, 6.07) is 7.96. The van der Waals surface area contributed by atoms with Crippen molar-refractivity contribution < 1.29 is 8.78 Å². The predicted octanol–water partition coefficient (Wildman–Crippen LogP) is 5.52. The molecule has 0 saturated heterocycles. The molecule has 0 spiro atoms. The molecule has 0 bridgehead atoms. The third-order valence-electron chi connectivity index (χ3n) is 3.29. The molecule has 0 aliphatic carbocycles. The van der Waals surface area contributed by atoms with E-state index in [-0.39, 0.29) is 11.9 Å². The molecular weight excluding hydrogens is 324 g/mol. The zero-order chi connectivity index (χ0) is 14.9. The van der Waals surface area contributed by atoms with Crippen LogP contribution in [0.5, 0.6) is 0 Å². The van der Waals surface area contributed by atoms with Crippen LogP contribution in [0.1, 0.15) is 29.7 Å². The van der Waals surface area contributed by atoms with Gasteiger partial charge in [0.1, 0.15) is 11.6 Å². The molecule has 2 aromatic carbocycles. The summed E-state index contributed by atoms with van der Waals surface area (Å²) in [6.45, 7) is 5.34. The summed E-state index contributed by atoms with van der Waals surface area (Å²) in [7, 11) is 0. The lowest BCUT2D eigenvalue weighted by molar-refractivity contribution is 0.571. The van der Waals surface area contributed by atoms with E-state index in [0.29, 0.717) is 11.1 Å². The topological polar surface area (TPSA) is 12.0 Å². The van der Waals surface area contributed by atoms with E-state index < -0.39 is 5.82 Å². The monoisotopic (exact) mass is 339 g/mol. The Kier molecular flexibility index (Phi) is 4.43. The van der Waals surface area contributed by atoms with Crippen LogP contribution in [-0.4, -0.2) is 0 Å². The number of benzene rings is 2. The smallest absolute Gasteiger partial charge is 0.128 e. The van der Waals surface area contributed by atoms with Gasteiger partial charge in [0.2, 0.25) is 0 Å². The molecule has 106 valence electrons. The van der Waals surface area contributed by atoms with Crippen LogP contribution in [-0.2, 0) is 0 Å². The molecule has 0 saturated carbocycles. The normalized spacial score (nSPS) is 12.3. The minimum Gasteiger partial charge on any atom is -0.378 e. The molecule has 1 nitrogen and oxygen atoms in total. The minimum atomic E-state index is -0.391. The SMILES string of the molecule is Cc1cc(F)c(C(C)Nc2ccc(Br)c(C)c2)cc1F. The van der Waals surface area contributed by atoms with Gasteiger partial charge in [-0.25, -0.2) is 8.78 Å². The lowest BCUT2D eigenvalue weighted by Crippen LogP contribution is -2.09. The Morgan fingerprint density at radius 3 is 2.35 bits per heavy atom. The summed E-state index contributed by atoms with van der Waals surface area (Å²) >= 11 is 3.43. The number of halogens is 3. The molecule has 1 N–H and O–H groups in total. The highest BCUT2D eigenvalue weighted by molar-refractivity contribution is 9.10. The first-order valence-electron chi connectivity index (χ1n) is 6.36. The quantitative estimate of drug-likeness (QED) is 0.776. The van der Waals surface area contributed by atoms with Gasteiger partial charge in [0.15, 0.2) is 0 Å². The third-order valence-corrected chi connectivity index (χ3v) is 4.18. The lowest BCUT2D eigenvalue weighted by atomic mass is 10.0. The van der Waals surface area contributed by atoms with Crippen LogP contribution in [0, 0.1) is 25.5 Å². The standard InChI is InChI=1S/C16H16BrF2N/c1-9-6-12(4-5-14(9)17)20-11(3)13-8-15(18)10(2)7-16(13)19/h4-8,11,20H,1-3H3. The zero-order valence-corrected chi connectivity index (χ0v) is 13.2. The molecule has 0 aromatic heterocycles. The van der Waals surface area contributed by atoms with Crippen LogP contribution in [0.4, 0.5) is 14.5 Å². The van der Waals surface area contributed by atoms with Crippen LogP contribution in [0.15, 0.2) is 34.8 Å². The number of aryl methyl sites for hydroxylation is 2.